The van der Waals surface area contributed by atoms with Gasteiger partial charge in [-0.1, -0.05) is 25.5 Å². The Morgan fingerprint density at radius 2 is 1.91 bits per heavy atom. The van der Waals surface area contributed by atoms with Crippen molar-refractivity contribution in [2.75, 3.05) is 26.7 Å². The molecule has 0 heterocycles. The van der Waals surface area contributed by atoms with Gasteiger partial charge in [-0.3, -0.25) is 9.69 Å². The zero-order valence-electron chi connectivity index (χ0n) is 13.2. The average Bonchev–Trinajstić information content (AvgIpc) is 2.44. The third-order valence-corrected chi connectivity index (χ3v) is 4.22. The normalized spacial score (nSPS) is 11.6. The molecular formula is C15H25N3O3S. The van der Waals surface area contributed by atoms with Gasteiger partial charge in [0.15, 0.2) is 0 Å². The lowest BCUT2D eigenvalue weighted by molar-refractivity contribution is -0.121. The van der Waals surface area contributed by atoms with Crippen molar-refractivity contribution in [3.8, 4) is 0 Å². The van der Waals surface area contributed by atoms with Crippen LogP contribution < -0.4 is 10.5 Å². The highest BCUT2D eigenvalue weighted by atomic mass is 32.2. The van der Waals surface area contributed by atoms with Crippen LogP contribution in [0, 0.1) is 0 Å². The van der Waals surface area contributed by atoms with Crippen molar-refractivity contribution in [1.29, 1.82) is 0 Å². The minimum absolute atomic E-state index is 0.000223. The largest absolute Gasteiger partial charge is 0.355 e. The van der Waals surface area contributed by atoms with Crippen LogP contribution in [0.2, 0.25) is 0 Å². The molecule has 6 nitrogen and oxygen atoms in total. The third kappa shape index (κ3) is 7.02. The molecular weight excluding hydrogens is 302 g/mol. The molecule has 0 atom stereocenters. The number of primary sulfonamides is 1. The third-order valence-electron chi connectivity index (χ3n) is 3.29. The van der Waals surface area contributed by atoms with Crippen molar-refractivity contribution in [2.45, 2.75) is 31.1 Å². The number of hydrogen-bond acceptors (Lipinski definition) is 4. The summed E-state index contributed by atoms with van der Waals surface area (Å²) in [7, 11) is -1.72. The molecule has 0 unspecified atom stereocenters. The van der Waals surface area contributed by atoms with Crippen molar-refractivity contribution in [3.05, 3.63) is 29.8 Å². The zero-order chi connectivity index (χ0) is 16.6. The first-order valence-electron chi connectivity index (χ1n) is 7.40. The van der Waals surface area contributed by atoms with E-state index < -0.39 is 10.0 Å². The average molecular weight is 327 g/mol. The summed E-state index contributed by atoms with van der Waals surface area (Å²) in [6.45, 7) is 3.95. The lowest BCUT2D eigenvalue weighted by Crippen LogP contribution is -2.36. The maximum absolute atomic E-state index is 11.7. The van der Waals surface area contributed by atoms with E-state index in [1.165, 1.54) is 12.1 Å². The van der Waals surface area contributed by atoms with Crippen molar-refractivity contribution < 1.29 is 13.2 Å². The van der Waals surface area contributed by atoms with Crippen molar-refractivity contribution in [1.82, 2.24) is 10.2 Å². The van der Waals surface area contributed by atoms with Gasteiger partial charge in [0.1, 0.15) is 0 Å². The predicted molar refractivity (Wildman–Crippen MR) is 86.9 cm³/mol. The molecule has 124 valence electrons. The van der Waals surface area contributed by atoms with Gasteiger partial charge in [0.05, 0.1) is 11.4 Å². The highest BCUT2D eigenvalue weighted by Crippen LogP contribution is 2.08. The molecule has 0 aliphatic heterocycles. The van der Waals surface area contributed by atoms with E-state index in [1.54, 1.807) is 12.1 Å². The number of benzene rings is 1. The predicted octanol–water partition coefficient (Wildman–Crippen LogP) is 0.725. The molecule has 0 saturated heterocycles. The van der Waals surface area contributed by atoms with Gasteiger partial charge >= 0.3 is 0 Å². The first-order chi connectivity index (χ1) is 10.3. The highest BCUT2D eigenvalue weighted by Gasteiger charge is 2.07. The summed E-state index contributed by atoms with van der Waals surface area (Å²) < 4.78 is 22.3. The number of sulfonamides is 1. The Morgan fingerprint density at radius 3 is 2.45 bits per heavy atom. The molecule has 0 saturated carbocycles. The number of carbonyl (C=O) groups excluding carboxylic acids is 1. The lowest BCUT2D eigenvalue weighted by Gasteiger charge is -2.15. The Hall–Kier alpha value is -1.44. The van der Waals surface area contributed by atoms with Crippen LogP contribution in [0.4, 0.5) is 0 Å². The van der Waals surface area contributed by atoms with Gasteiger partial charge in [0, 0.05) is 6.54 Å². The van der Waals surface area contributed by atoms with Gasteiger partial charge in [-0.05, 0) is 44.1 Å². The number of rotatable bonds is 9. The molecule has 1 aromatic carbocycles. The lowest BCUT2D eigenvalue weighted by atomic mass is 10.1. The van der Waals surface area contributed by atoms with E-state index in [0.717, 1.165) is 24.9 Å². The molecule has 0 aliphatic rings. The van der Waals surface area contributed by atoms with Crippen LogP contribution in [-0.2, 0) is 21.2 Å². The van der Waals surface area contributed by atoms with Crippen LogP contribution in [0.1, 0.15) is 25.3 Å². The molecule has 0 aromatic heterocycles. The molecule has 0 radical (unpaired) electrons. The SMILES string of the molecule is CCCCN(C)CC(=O)NCCc1ccc(S(N)(=O)=O)cc1. The van der Waals surface area contributed by atoms with Crippen LogP contribution in [0.3, 0.4) is 0 Å². The number of nitrogens with zero attached hydrogens (tertiary/aromatic N) is 1. The van der Waals surface area contributed by atoms with E-state index in [1.807, 2.05) is 11.9 Å². The first kappa shape index (κ1) is 18.6. The topological polar surface area (TPSA) is 92.5 Å². The summed E-state index contributed by atoms with van der Waals surface area (Å²) >= 11 is 0. The Kier molecular flexibility index (Phi) is 7.50. The summed E-state index contributed by atoms with van der Waals surface area (Å²) in [5.41, 5.74) is 0.951. The van der Waals surface area contributed by atoms with Gasteiger partial charge in [-0.25, -0.2) is 13.6 Å². The first-order valence-corrected chi connectivity index (χ1v) is 8.94. The molecule has 3 N–H and O–H groups in total. The number of hydrogen-bond donors (Lipinski definition) is 2. The van der Waals surface area contributed by atoms with Crippen LogP contribution in [0.25, 0.3) is 0 Å². The van der Waals surface area contributed by atoms with Gasteiger partial charge in [-0.15, -0.1) is 0 Å². The number of amides is 1. The second-order valence-electron chi connectivity index (χ2n) is 5.38. The molecule has 1 amide bonds. The fourth-order valence-electron chi connectivity index (χ4n) is 2.00. The van der Waals surface area contributed by atoms with E-state index >= 15 is 0 Å². The molecule has 0 fully saturated rings. The molecule has 0 spiro atoms. The molecule has 7 heteroatoms. The van der Waals surface area contributed by atoms with Crippen LogP contribution in [0.15, 0.2) is 29.2 Å². The Morgan fingerprint density at radius 1 is 1.27 bits per heavy atom. The van der Waals surface area contributed by atoms with E-state index in [-0.39, 0.29) is 10.8 Å². The van der Waals surface area contributed by atoms with Gasteiger partial charge < -0.3 is 5.32 Å². The Labute approximate surface area is 132 Å². The number of carbonyl (C=O) groups is 1. The quantitative estimate of drug-likeness (QED) is 0.699. The molecule has 1 rings (SSSR count). The van der Waals surface area contributed by atoms with E-state index in [2.05, 4.69) is 12.2 Å². The minimum atomic E-state index is -3.65. The standard InChI is InChI=1S/C15H25N3O3S/c1-3-4-11-18(2)12-15(19)17-10-9-13-5-7-14(8-6-13)22(16,20)21/h5-8H,3-4,9-12H2,1-2H3,(H,17,19)(H2,16,20,21). The molecule has 22 heavy (non-hydrogen) atoms. The number of nitrogens with two attached hydrogens (primary N) is 1. The zero-order valence-corrected chi connectivity index (χ0v) is 14.0. The van der Waals surface area contributed by atoms with Crippen LogP contribution >= 0.6 is 0 Å². The summed E-state index contributed by atoms with van der Waals surface area (Å²) in [4.78, 5) is 13.8. The van der Waals surface area contributed by atoms with Crippen LogP contribution in [0.5, 0.6) is 0 Å². The van der Waals surface area contributed by atoms with Crippen LogP contribution in [-0.4, -0.2) is 45.9 Å². The summed E-state index contributed by atoms with van der Waals surface area (Å²) in [5, 5.41) is 7.90. The van der Waals surface area contributed by atoms with Gasteiger partial charge in [-0.2, -0.15) is 0 Å². The summed E-state index contributed by atoms with van der Waals surface area (Å²) in [6, 6.07) is 6.37. The molecule has 0 aliphatic carbocycles. The smallest absolute Gasteiger partial charge is 0.238 e. The van der Waals surface area contributed by atoms with Crippen molar-refractivity contribution >= 4 is 15.9 Å². The fourth-order valence-corrected chi connectivity index (χ4v) is 2.52. The highest BCUT2D eigenvalue weighted by molar-refractivity contribution is 7.89. The Balaban J connectivity index is 2.33. The number of unbranched alkanes of at least 4 members (excludes halogenated alkanes) is 1. The van der Waals surface area contributed by atoms with E-state index in [4.69, 9.17) is 5.14 Å². The van der Waals surface area contributed by atoms with E-state index in [9.17, 15) is 13.2 Å². The monoisotopic (exact) mass is 327 g/mol. The van der Waals surface area contributed by atoms with Crippen molar-refractivity contribution in [2.24, 2.45) is 5.14 Å². The Bertz CT molecular complexity index is 570. The fraction of sp³-hybridized carbons (Fsp3) is 0.533. The molecule has 0 bridgehead atoms. The van der Waals surface area contributed by atoms with Gasteiger partial charge in [0.25, 0.3) is 0 Å². The molecule has 1 aromatic rings. The summed E-state index contributed by atoms with van der Waals surface area (Å²) in [5.74, 6) is -0.000223. The second-order valence-corrected chi connectivity index (χ2v) is 6.94. The maximum atomic E-state index is 11.7. The van der Waals surface area contributed by atoms with Crippen molar-refractivity contribution in [3.63, 3.8) is 0 Å². The maximum Gasteiger partial charge on any atom is 0.238 e. The second kappa shape index (κ2) is 8.87. The number of nitrogens with one attached hydrogen (secondary N) is 1. The summed E-state index contributed by atoms with van der Waals surface area (Å²) in [6.07, 6.45) is 2.84. The minimum Gasteiger partial charge on any atom is -0.355 e. The number of likely N-dealkylation sites (N-methyl/N-ethyl adjacent to an activating group) is 1. The van der Waals surface area contributed by atoms with Gasteiger partial charge in [0.2, 0.25) is 15.9 Å². The van der Waals surface area contributed by atoms with E-state index in [0.29, 0.717) is 19.5 Å².